The summed E-state index contributed by atoms with van der Waals surface area (Å²) < 4.78 is 4.05. The van der Waals surface area contributed by atoms with E-state index in [1.165, 1.54) is 6.20 Å². The normalized spacial score (nSPS) is 10.6. The fourth-order valence-corrected chi connectivity index (χ4v) is 1.78. The van der Waals surface area contributed by atoms with E-state index in [0.717, 1.165) is 5.82 Å². The standard InChI is InChI=1S/C10H11BrN4O/c1-8-13-2-3-14(8)4-5-15-7-12-6-9(11)10(15)16/h2-3,6-7H,4-5H2,1H3. The van der Waals surface area contributed by atoms with Gasteiger partial charge in [-0.1, -0.05) is 0 Å². The van der Waals surface area contributed by atoms with Gasteiger partial charge in [0.2, 0.25) is 0 Å². The van der Waals surface area contributed by atoms with Gasteiger partial charge in [-0.15, -0.1) is 0 Å². The first kappa shape index (κ1) is 11.1. The summed E-state index contributed by atoms with van der Waals surface area (Å²) in [4.78, 5) is 19.7. The second kappa shape index (κ2) is 4.61. The van der Waals surface area contributed by atoms with Crippen LogP contribution in [-0.2, 0) is 13.1 Å². The molecule has 0 aromatic carbocycles. The summed E-state index contributed by atoms with van der Waals surface area (Å²) in [5.41, 5.74) is -0.0623. The Kier molecular flexibility index (Phi) is 3.19. The van der Waals surface area contributed by atoms with Gasteiger partial charge in [-0.05, 0) is 22.9 Å². The van der Waals surface area contributed by atoms with Crippen LogP contribution in [0.25, 0.3) is 0 Å². The third-order valence-electron chi connectivity index (χ3n) is 2.36. The first-order chi connectivity index (χ1) is 7.68. The summed E-state index contributed by atoms with van der Waals surface area (Å²) >= 11 is 3.16. The van der Waals surface area contributed by atoms with Gasteiger partial charge in [0.05, 0.1) is 6.33 Å². The first-order valence-corrected chi connectivity index (χ1v) is 5.65. The van der Waals surface area contributed by atoms with Crippen molar-refractivity contribution in [1.82, 2.24) is 19.1 Å². The molecule has 2 rings (SSSR count). The SMILES string of the molecule is Cc1nccn1CCn1cncc(Br)c1=O. The molecule has 2 heterocycles. The highest BCUT2D eigenvalue weighted by atomic mass is 79.9. The highest BCUT2D eigenvalue weighted by Gasteiger charge is 2.01. The Hall–Kier alpha value is -1.43. The molecule has 0 spiro atoms. The maximum atomic E-state index is 11.7. The Balaban J connectivity index is 2.14. The molecule has 0 saturated carbocycles. The van der Waals surface area contributed by atoms with Crippen LogP contribution in [0.5, 0.6) is 0 Å². The predicted molar refractivity (Wildman–Crippen MR) is 63.2 cm³/mol. The fourth-order valence-electron chi connectivity index (χ4n) is 1.44. The van der Waals surface area contributed by atoms with Crippen molar-refractivity contribution in [3.63, 3.8) is 0 Å². The topological polar surface area (TPSA) is 52.7 Å². The van der Waals surface area contributed by atoms with E-state index in [0.29, 0.717) is 17.6 Å². The maximum absolute atomic E-state index is 11.7. The van der Waals surface area contributed by atoms with Crippen molar-refractivity contribution in [3.8, 4) is 0 Å². The zero-order valence-corrected chi connectivity index (χ0v) is 10.4. The van der Waals surface area contributed by atoms with Crippen LogP contribution in [0.1, 0.15) is 5.82 Å². The summed E-state index contributed by atoms with van der Waals surface area (Å²) in [5, 5.41) is 0. The minimum Gasteiger partial charge on any atom is -0.333 e. The molecule has 0 amide bonds. The quantitative estimate of drug-likeness (QED) is 0.850. The largest absolute Gasteiger partial charge is 0.333 e. The molecule has 0 radical (unpaired) electrons. The summed E-state index contributed by atoms with van der Waals surface area (Å²) in [7, 11) is 0. The summed E-state index contributed by atoms with van der Waals surface area (Å²) in [5.74, 6) is 0.941. The fraction of sp³-hybridized carbons (Fsp3) is 0.300. The minimum atomic E-state index is -0.0623. The van der Waals surface area contributed by atoms with Gasteiger partial charge in [-0.2, -0.15) is 0 Å². The Morgan fingerprint density at radius 2 is 2.12 bits per heavy atom. The van der Waals surface area contributed by atoms with Crippen LogP contribution in [0.15, 0.2) is 34.2 Å². The summed E-state index contributed by atoms with van der Waals surface area (Å²) in [6.45, 7) is 3.23. The monoisotopic (exact) mass is 282 g/mol. The van der Waals surface area contributed by atoms with Crippen molar-refractivity contribution in [2.45, 2.75) is 20.0 Å². The van der Waals surface area contributed by atoms with E-state index in [2.05, 4.69) is 25.9 Å². The lowest BCUT2D eigenvalue weighted by atomic mass is 10.5. The molecule has 0 aliphatic rings. The van der Waals surface area contributed by atoms with Gasteiger partial charge >= 0.3 is 0 Å². The molecular weight excluding hydrogens is 272 g/mol. The predicted octanol–water partition coefficient (Wildman–Crippen LogP) is 1.21. The zero-order valence-electron chi connectivity index (χ0n) is 8.80. The Bertz CT molecular complexity index is 546. The summed E-state index contributed by atoms with van der Waals surface area (Å²) in [6, 6.07) is 0. The van der Waals surface area contributed by atoms with Crippen LogP contribution in [0.4, 0.5) is 0 Å². The molecule has 0 N–H and O–H groups in total. The molecule has 84 valence electrons. The number of halogens is 1. The van der Waals surface area contributed by atoms with Gasteiger partial charge in [0.1, 0.15) is 10.3 Å². The maximum Gasteiger partial charge on any atom is 0.267 e. The van der Waals surface area contributed by atoms with Gasteiger partial charge in [-0.25, -0.2) is 9.97 Å². The second-order valence-electron chi connectivity index (χ2n) is 3.41. The Morgan fingerprint density at radius 3 is 2.81 bits per heavy atom. The van der Waals surface area contributed by atoms with E-state index in [1.807, 2.05) is 17.7 Å². The molecule has 0 aliphatic heterocycles. The van der Waals surface area contributed by atoms with Crippen molar-refractivity contribution in [1.29, 1.82) is 0 Å². The van der Waals surface area contributed by atoms with Crippen molar-refractivity contribution < 1.29 is 0 Å². The molecule has 0 unspecified atom stereocenters. The molecule has 2 aromatic rings. The van der Waals surface area contributed by atoms with Gasteiger partial charge in [0, 0.05) is 31.7 Å². The lowest BCUT2D eigenvalue weighted by Gasteiger charge is -2.07. The molecular formula is C10H11BrN4O. The van der Waals surface area contributed by atoms with Crippen LogP contribution in [0.3, 0.4) is 0 Å². The highest BCUT2D eigenvalue weighted by molar-refractivity contribution is 9.10. The molecule has 6 heteroatoms. The van der Waals surface area contributed by atoms with Crippen molar-refractivity contribution in [2.24, 2.45) is 0 Å². The second-order valence-corrected chi connectivity index (χ2v) is 4.26. The Morgan fingerprint density at radius 1 is 1.38 bits per heavy atom. The van der Waals surface area contributed by atoms with Gasteiger partial charge in [-0.3, -0.25) is 9.36 Å². The number of rotatable bonds is 3. The van der Waals surface area contributed by atoms with E-state index < -0.39 is 0 Å². The average molecular weight is 283 g/mol. The third kappa shape index (κ3) is 2.21. The van der Waals surface area contributed by atoms with Crippen molar-refractivity contribution in [3.05, 3.63) is 45.6 Å². The van der Waals surface area contributed by atoms with Gasteiger partial charge < -0.3 is 4.57 Å². The highest BCUT2D eigenvalue weighted by Crippen LogP contribution is 1.99. The number of aryl methyl sites for hydroxylation is 3. The number of imidazole rings is 1. The van der Waals surface area contributed by atoms with Crippen molar-refractivity contribution >= 4 is 15.9 Å². The first-order valence-electron chi connectivity index (χ1n) is 4.86. The molecule has 0 bridgehead atoms. The number of hydrogen-bond donors (Lipinski definition) is 0. The van der Waals surface area contributed by atoms with E-state index >= 15 is 0 Å². The molecule has 0 fully saturated rings. The summed E-state index contributed by atoms with van der Waals surface area (Å²) in [6.07, 6.45) is 6.68. The zero-order chi connectivity index (χ0) is 11.5. The lowest BCUT2D eigenvalue weighted by molar-refractivity contribution is 0.547. The smallest absolute Gasteiger partial charge is 0.267 e. The van der Waals surface area contributed by atoms with E-state index in [4.69, 9.17) is 0 Å². The molecule has 2 aromatic heterocycles. The molecule has 0 atom stereocenters. The van der Waals surface area contributed by atoms with E-state index in [9.17, 15) is 4.79 Å². The van der Waals surface area contributed by atoms with E-state index in [1.54, 1.807) is 17.1 Å². The average Bonchev–Trinajstić information content (AvgIpc) is 2.67. The van der Waals surface area contributed by atoms with Crippen LogP contribution in [0, 0.1) is 6.92 Å². The third-order valence-corrected chi connectivity index (χ3v) is 2.91. The van der Waals surface area contributed by atoms with E-state index in [-0.39, 0.29) is 5.56 Å². The minimum absolute atomic E-state index is 0.0623. The van der Waals surface area contributed by atoms with Gasteiger partial charge in [0.15, 0.2) is 0 Å². The van der Waals surface area contributed by atoms with Gasteiger partial charge in [0.25, 0.3) is 5.56 Å². The van der Waals surface area contributed by atoms with Crippen LogP contribution in [-0.4, -0.2) is 19.1 Å². The molecule has 5 nitrogen and oxygen atoms in total. The molecule has 0 saturated heterocycles. The van der Waals surface area contributed by atoms with Crippen LogP contribution < -0.4 is 5.56 Å². The van der Waals surface area contributed by atoms with Crippen LogP contribution >= 0.6 is 15.9 Å². The Labute approximate surface area is 101 Å². The lowest BCUT2D eigenvalue weighted by Crippen LogP contribution is -2.23. The number of hydrogen-bond acceptors (Lipinski definition) is 3. The number of nitrogens with zero attached hydrogens (tertiary/aromatic N) is 4. The van der Waals surface area contributed by atoms with Crippen LogP contribution in [0.2, 0.25) is 0 Å². The number of aromatic nitrogens is 4. The molecule has 0 aliphatic carbocycles. The van der Waals surface area contributed by atoms with Crippen molar-refractivity contribution in [2.75, 3.05) is 0 Å². The molecule has 16 heavy (non-hydrogen) atoms.